The van der Waals surface area contributed by atoms with Gasteiger partial charge in [0.15, 0.2) is 56.4 Å². The Morgan fingerprint density at radius 2 is 0.906 bits per heavy atom. The van der Waals surface area contributed by atoms with Crippen LogP contribution < -0.4 is 0 Å². The normalized spacial score (nSPS) is 51.6. The Balaban J connectivity index is 0.771. The molecular formula is C91H146O48. The van der Waals surface area contributed by atoms with Crippen molar-refractivity contribution in [2.24, 2.45) is 50.2 Å². The largest absolute Gasteiger partial charge is 0.458 e. The van der Waals surface area contributed by atoms with Gasteiger partial charge in [-0.25, -0.2) is 4.79 Å². The number of fused-ring (bicyclic) bond motifs is 7. The third-order valence-corrected chi connectivity index (χ3v) is 33.2. The maximum Gasteiger partial charge on any atom is 0.336 e. The fourth-order valence-electron chi connectivity index (χ4n) is 24.3. The van der Waals surface area contributed by atoms with Gasteiger partial charge in [-0.1, -0.05) is 72.3 Å². The van der Waals surface area contributed by atoms with E-state index in [0.717, 1.165) is 0 Å². The predicted molar refractivity (Wildman–Crippen MR) is 457 cm³/mol. The molecule has 4 saturated carbocycles. The van der Waals surface area contributed by atoms with E-state index < -0.39 is 385 Å². The van der Waals surface area contributed by atoms with Gasteiger partial charge in [-0.15, -0.1) is 6.58 Å². The molecule has 9 heterocycles. The highest BCUT2D eigenvalue weighted by molar-refractivity contribution is 5.89. The van der Waals surface area contributed by atoms with Crippen LogP contribution in [0.25, 0.3) is 0 Å². The highest BCUT2D eigenvalue weighted by Gasteiger charge is 2.74. The number of hydrogen-bond acceptors (Lipinski definition) is 48. The zero-order chi connectivity index (χ0) is 102. The second kappa shape index (κ2) is 43.5. The third kappa shape index (κ3) is 20.7. The second-order valence-corrected chi connectivity index (χ2v) is 42.4. The van der Waals surface area contributed by atoms with Crippen LogP contribution in [-0.4, -0.2) is 485 Å². The van der Waals surface area contributed by atoms with Gasteiger partial charge in [0, 0.05) is 11.8 Å². The van der Waals surface area contributed by atoms with E-state index in [2.05, 4.69) is 26.5 Å². The molecule has 0 spiro atoms. The summed E-state index contributed by atoms with van der Waals surface area (Å²) in [6, 6.07) is 0. The number of hydrogen-bond donors (Lipinski definition) is 27. The number of ether oxygens (including phenoxy) is 19. The van der Waals surface area contributed by atoms with E-state index in [-0.39, 0.29) is 56.1 Å². The van der Waals surface area contributed by atoms with Crippen molar-refractivity contribution in [1.82, 2.24) is 0 Å². The molecule has 0 aromatic rings. The minimum Gasteiger partial charge on any atom is -0.458 e. The SMILES string of the molecule is C=C[C@](C)(CC/C=C(\CO)C(=O)O[C@H]1C[C@]2(C(=O)O[C@@H]3O[C@H](CO)[C@@H](O)[C@H](O)[C@H]3O[C@@H]3O[C@@H](C)[C@H](O[C@@H]4O[C@@H](CO)[C@H](O)[C@H]4O)[C@@H](O[C@@H]4O[C@H](CO)[C@@H](O)[C@H](O)[C@H]4O)[C@H]3O)[C@H](O)C[C@]3(C)C(=CC[C@@H]4[C@@]5(C)CC[C@H](O[C@@H]6O[C@H](CO[C@@H]7O[C@H](C)[C@H](O)[C@H](O)[C@H]7O[C@@H]7OC[C@@H](O)[C@H](O)[C@H]7O)[C@@H](O)[C@H](O)[C@H]6O[C@@H]6O[C@H](CO)[C@@H](O)[C@H](O)[C@H]6O)C(C)(C)[C@@H]5CC[C@]43C)[C@@H]2CC1(C)C)O[C@@H]1OC[C@@H](O)[C@H](O)[C@H]1O. The molecule has 0 amide bonds. The van der Waals surface area contributed by atoms with Crippen molar-refractivity contribution in [3.8, 4) is 0 Å². The van der Waals surface area contributed by atoms with Crippen LogP contribution in [0.1, 0.15) is 133 Å². The van der Waals surface area contributed by atoms with Gasteiger partial charge in [-0.2, -0.15) is 0 Å². The van der Waals surface area contributed by atoms with Crippen molar-refractivity contribution < 1.29 is 237 Å². The molecule has 14 rings (SSSR count). The van der Waals surface area contributed by atoms with Crippen molar-refractivity contribution >= 4 is 11.9 Å². The average molecular weight is 2010 g/mol. The van der Waals surface area contributed by atoms with Gasteiger partial charge in [-0.05, 0) is 118 Å². The zero-order valence-electron chi connectivity index (χ0n) is 79.0. The van der Waals surface area contributed by atoms with Gasteiger partial charge in [0.2, 0.25) is 6.29 Å². The number of esters is 2. The molecule has 53 atom stereocenters. The van der Waals surface area contributed by atoms with E-state index in [1.165, 1.54) is 26.0 Å². The molecule has 14 aliphatic rings. The summed E-state index contributed by atoms with van der Waals surface area (Å²) in [5.41, 5.74) is -7.83. The number of allylic oxidation sites excluding steroid dienone is 3. The minimum absolute atomic E-state index is 0.0129. The summed E-state index contributed by atoms with van der Waals surface area (Å²) in [6.45, 7) is 15.8. The van der Waals surface area contributed by atoms with E-state index in [0.29, 0.717) is 31.3 Å². The van der Waals surface area contributed by atoms with Crippen LogP contribution in [0.3, 0.4) is 0 Å². The molecule has 48 heteroatoms. The Labute approximate surface area is 800 Å². The van der Waals surface area contributed by atoms with Crippen molar-refractivity contribution in [3.63, 3.8) is 0 Å². The number of carbonyl (C=O) groups excluding carboxylic acids is 2. The average Bonchev–Trinajstić information content (AvgIpc) is 0.809. The Morgan fingerprint density at radius 1 is 0.446 bits per heavy atom. The Morgan fingerprint density at radius 3 is 1.47 bits per heavy atom. The first kappa shape index (κ1) is 111. The van der Waals surface area contributed by atoms with Crippen LogP contribution >= 0.6 is 0 Å². The van der Waals surface area contributed by atoms with Gasteiger partial charge in [0.1, 0.15) is 195 Å². The Hall–Kier alpha value is -3.60. The minimum atomic E-state index is -2.30. The van der Waals surface area contributed by atoms with Crippen molar-refractivity contribution in [2.75, 3.05) is 52.9 Å². The molecule has 13 fully saturated rings. The second-order valence-electron chi connectivity index (χ2n) is 42.4. The van der Waals surface area contributed by atoms with Crippen LogP contribution in [0.5, 0.6) is 0 Å². The summed E-state index contributed by atoms with van der Waals surface area (Å²) < 4.78 is 116. The molecule has 27 N–H and O–H groups in total. The first-order valence-electron chi connectivity index (χ1n) is 47.8. The summed E-state index contributed by atoms with van der Waals surface area (Å²) in [5, 5.41) is 301. The molecular weight excluding hydrogens is 1860 g/mol. The molecule has 0 radical (unpaired) electrons. The van der Waals surface area contributed by atoms with Crippen LogP contribution in [0.15, 0.2) is 36.0 Å². The monoisotopic (exact) mass is 2010 g/mol. The summed E-state index contributed by atoms with van der Waals surface area (Å²) in [5.74, 6) is -3.99. The highest BCUT2D eigenvalue weighted by atomic mass is 16.8. The molecule has 9 aliphatic heterocycles. The lowest BCUT2D eigenvalue weighted by Crippen LogP contribution is -2.70. The number of aliphatic hydroxyl groups is 27. The standard InChI is InChI=1S/C91H146O48/c1-12-87(8,139-76-64(114)52(102)39(98)31-122-76)19-13-14-35(25-92)74(119)131-49-24-91(84(120)138-83-73(61(111)55(105)42(28-95)129-83)137-80-68(118)70(134-78-66(116)58(108)53(103)40(26-93)126-78)69(34(3)125-80)133-77-65(115)56(106)43(29-96)128-77)37(22-85(49,4)5)36-15-16-46-88(9)20-18-48(86(6,7)45(88)17-21-89(46,10)90(36,11)23-47(91)99)132-82-72(136-79-67(117)59(109)54(104)41(27-94)127-79)62(112)57(107)44(130-82)32-123-81-71(60(110)50(100)33(2)124-81)135-75-63(113)51(101)38(97)30-121-75/h12,14-15,33-34,37-73,75-83,92-118H,1,13,16-32H2,2-11H3/b35-14+/t33-,34+,37+,38-,39-,40-,41-,42-,43+,44-,45+,46-,47-,48+,49+,50+,51+,52+,53-,54-,55-,56+,57-,58+,59+,60+,61+,62+,63-,64-,65-,66-,67-,68-,69+,70+,71-,72-,73-,75+,76+,77+,78+,79+,80+,81-,82+,83+,87-,88+,89-,90-,91-/m1/s1. The van der Waals surface area contributed by atoms with Gasteiger partial charge in [0.05, 0.1) is 88.4 Å². The maximum absolute atomic E-state index is 16.8. The number of aliphatic hydroxyl groups excluding tert-OH is 27. The maximum atomic E-state index is 16.8. The Kier molecular flexibility index (Phi) is 34.8. The first-order chi connectivity index (χ1) is 65.3. The molecule has 0 unspecified atom stereocenters. The van der Waals surface area contributed by atoms with Crippen LogP contribution in [0.2, 0.25) is 0 Å². The van der Waals surface area contributed by atoms with E-state index in [1.807, 2.05) is 20.8 Å². The summed E-state index contributed by atoms with van der Waals surface area (Å²) in [6.07, 6.45) is -74.8. The van der Waals surface area contributed by atoms with Crippen molar-refractivity contribution in [1.29, 1.82) is 0 Å². The van der Waals surface area contributed by atoms with Crippen molar-refractivity contribution in [2.45, 2.75) is 415 Å². The molecule has 0 aromatic heterocycles. The summed E-state index contributed by atoms with van der Waals surface area (Å²) in [7, 11) is 0. The zero-order valence-corrected chi connectivity index (χ0v) is 79.0. The molecule has 0 bridgehead atoms. The van der Waals surface area contributed by atoms with E-state index in [9.17, 15) is 143 Å². The van der Waals surface area contributed by atoms with E-state index >= 15 is 4.79 Å². The predicted octanol–water partition coefficient (Wildman–Crippen LogP) is -9.81. The van der Waals surface area contributed by atoms with E-state index in [4.69, 9.17) is 90.0 Å². The van der Waals surface area contributed by atoms with Crippen LogP contribution in [0, 0.1) is 50.2 Å². The lowest BCUT2D eigenvalue weighted by molar-refractivity contribution is -0.390. The van der Waals surface area contributed by atoms with Gasteiger partial charge in [0.25, 0.3) is 0 Å². The molecule has 48 nitrogen and oxygen atoms in total. The topological polar surface area (TPSA) is 756 Å². The van der Waals surface area contributed by atoms with Gasteiger partial charge >= 0.3 is 11.9 Å². The molecule has 5 aliphatic carbocycles. The highest BCUT2D eigenvalue weighted by Crippen LogP contribution is 2.76. The fourth-order valence-corrected chi connectivity index (χ4v) is 24.3. The fraction of sp³-hybridized carbons (Fsp3) is 0.912. The first-order valence-corrected chi connectivity index (χ1v) is 47.8. The quantitative estimate of drug-likeness (QED) is 0.0137. The number of carbonyl (C=O) groups is 2. The summed E-state index contributed by atoms with van der Waals surface area (Å²) >= 11 is 0. The van der Waals surface area contributed by atoms with Gasteiger partial charge in [-0.3, -0.25) is 4.79 Å². The van der Waals surface area contributed by atoms with Crippen LogP contribution in [0.4, 0.5) is 0 Å². The summed E-state index contributed by atoms with van der Waals surface area (Å²) in [4.78, 5) is 31.8. The molecule has 798 valence electrons. The smallest absolute Gasteiger partial charge is 0.336 e. The number of rotatable bonds is 30. The van der Waals surface area contributed by atoms with E-state index in [1.54, 1.807) is 20.8 Å². The van der Waals surface area contributed by atoms with Crippen molar-refractivity contribution in [3.05, 3.63) is 36.0 Å². The van der Waals surface area contributed by atoms with Crippen LogP contribution in [-0.2, 0) is 99.6 Å². The lowest BCUT2D eigenvalue weighted by Gasteiger charge is -2.72. The molecule has 0 aromatic carbocycles. The lowest BCUT2D eigenvalue weighted by atomic mass is 9.33. The third-order valence-electron chi connectivity index (χ3n) is 33.2. The van der Waals surface area contributed by atoms with Gasteiger partial charge < -0.3 is 228 Å². The molecule has 9 saturated heterocycles. The molecule has 139 heavy (non-hydrogen) atoms. The Bertz CT molecular complexity index is 4150.